The third-order valence-corrected chi connectivity index (χ3v) is 2.75. The maximum Gasteiger partial charge on any atom is 0.269 e. The van der Waals surface area contributed by atoms with Crippen molar-refractivity contribution in [2.24, 2.45) is 10.9 Å². The molecule has 0 fully saturated rings. The molecule has 0 bridgehead atoms. The molecule has 2 aromatic carbocycles. The van der Waals surface area contributed by atoms with Crippen LogP contribution in [0.1, 0.15) is 11.1 Å². The van der Waals surface area contributed by atoms with E-state index < -0.39 is 4.92 Å². The third kappa shape index (κ3) is 2.37. The van der Waals surface area contributed by atoms with Crippen molar-refractivity contribution in [1.29, 1.82) is 0 Å². The zero-order valence-corrected chi connectivity index (χ0v) is 10.2. The summed E-state index contributed by atoms with van der Waals surface area (Å²) in [4.78, 5) is 10.1. The van der Waals surface area contributed by atoms with Crippen LogP contribution in [-0.2, 0) is 0 Å². The smallest absolute Gasteiger partial charge is 0.269 e. The van der Waals surface area contributed by atoms with Crippen molar-refractivity contribution in [3.8, 4) is 11.5 Å². The van der Waals surface area contributed by atoms with Gasteiger partial charge in [-0.05, 0) is 24.3 Å². The van der Waals surface area contributed by atoms with Gasteiger partial charge < -0.3 is 16.1 Å². The first-order valence-electron chi connectivity index (χ1n) is 5.58. The van der Waals surface area contributed by atoms with Gasteiger partial charge in [0.05, 0.1) is 4.92 Å². The number of aromatic hydroxyl groups is 2. The fraction of sp³-hybridized carbons (Fsp3) is 0. The van der Waals surface area contributed by atoms with Crippen LogP contribution in [0.5, 0.6) is 11.5 Å². The molecule has 0 aliphatic heterocycles. The van der Waals surface area contributed by atoms with Crippen LogP contribution in [0.4, 0.5) is 5.69 Å². The van der Waals surface area contributed by atoms with E-state index in [-0.39, 0.29) is 28.5 Å². The molecule has 4 N–H and O–H groups in total. The average molecular weight is 273 g/mol. The molecule has 0 unspecified atom stereocenters. The van der Waals surface area contributed by atoms with Crippen LogP contribution in [0.2, 0.25) is 0 Å². The number of rotatable bonds is 3. The summed E-state index contributed by atoms with van der Waals surface area (Å²) in [5.74, 6) is 4.66. The number of nitro benzene ring substituents is 1. The minimum absolute atomic E-state index is 0.0646. The SMILES string of the molecule is N/N=C(/c1ccc([N+](=O)[O-])cc1)c1cccc(O)c1O. The predicted molar refractivity (Wildman–Crippen MR) is 72.7 cm³/mol. The normalized spacial score (nSPS) is 11.3. The number of nitrogens with zero attached hydrogens (tertiary/aromatic N) is 2. The summed E-state index contributed by atoms with van der Waals surface area (Å²) in [6, 6.07) is 9.92. The maximum absolute atomic E-state index is 10.6. The van der Waals surface area contributed by atoms with Gasteiger partial charge in [-0.1, -0.05) is 6.07 Å². The Morgan fingerprint density at radius 3 is 2.35 bits per heavy atom. The molecule has 0 saturated carbocycles. The first-order valence-corrected chi connectivity index (χ1v) is 5.58. The Hall–Kier alpha value is -3.09. The van der Waals surface area contributed by atoms with Crippen LogP contribution >= 0.6 is 0 Å². The molecule has 20 heavy (non-hydrogen) atoms. The molecule has 2 aromatic rings. The van der Waals surface area contributed by atoms with E-state index in [9.17, 15) is 20.3 Å². The molecule has 7 heteroatoms. The van der Waals surface area contributed by atoms with Crippen LogP contribution in [0.25, 0.3) is 0 Å². The zero-order valence-electron chi connectivity index (χ0n) is 10.2. The Kier molecular flexibility index (Phi) is 3.52. The molecule has 0 spiro atoms. The van der Waals surface area contributed by atoms with E-state index in [1.54, 1.807) is 0 Å². The molecule has 0 radical (unpaired) electrons. The quantitative estimate of drug-likeness (QED) is 0.258. The van der Waals surface area contributed by atoms with Gasteiger partial charge in [0, 0.05) is 23.3 Å². The summed E-state index contributed by atoms with van der Waals surface area (Å²) in [6.07, 6.45) is 0. The van der Waals surface area contributed by atoms with Gasteiger partial charge in [-0.3, -0.25) is 10.1 Å². The lowest BCUT2D eigenvalue weighted by Gasteiger charge is -2.08. The van der Waals surface area contributed by atoms with Crippen LogP contribution in [0.3, 0.4) is 0 Å². The fourth-order valence-corrected chi connectivity index (χ4v) is 1.76. The van der Waals surface area contributed by atoms with Crippen molar-refractivity contribution in [2.75, 3.05) is 0 Å². The molecule has 102 valence electrons. The second kappa shape index (κ2) is 5.27. The number of phenolic OH excluding ortho intramolecular Hbond substituents is 2. The van der Waals surface area contributed by atoms with Crippen LogP contribution in [0.15, 0.2) is 47.6 Å². The number of nitro groups is 1. The number of benzene rings is 2. The van der Waals surface area contributed by atoms with Crippen LogP contribution in [-0.4, -0.2) is 20.8 Å². The van der Waals surface area contributed by atoms with Crippen molar-refractivity contribution in [1.82, 2.24) is 0 Å². The highest BCUT2D eigenvalue weighted by Gasteiger charge is 2.15. The van der Waals surface area contributed by atoms with Crippen molar-refractivity contribution < 1.29 is 15.1 Å². The summed E-state index contributed by atoms with van der Waals surface area (Å²) in [7, 11) is 0. The van der Waals surface area contributed by atoms with Gasteiger partial charge in [0.1, 0.15) is 5.71 Å². The summed E-state index contributed by atoms with van der Waals surface area (Å²) in [5.41, 5.74) is 0.874. The molecular formula is C13H11N3O4. The van der Waals surface area contributed by atoms with Crippen molar-refractivity contribution in [3.05, 3.63) is 63.7 Å². The number of nitrogens with two attached hydrogens (primary N) is 1. The topological polar surface area (TPSA) is 122 Å². The Morgan fingerprint density at radius 2 is 1.80 bits per heavy atom. The minimum Gasteiger partial charge on any atom is -0.504 e. The second-order valence-corrected chi connectivity index (χ2v) is 3.95. The zero-order chi connectivity index (χ0) is 14.7. The second-order valence-electron chi connectivity index (χ2n) is 3.95. The van der Waals surface area contributed by atoms with E-state index in [1.807, 2.05) is 0 Å². The van der Waals surface area contributed by atoms with Crippen LogP contribution < -0.4 is 5.84 Å². The number of para-hydroxylation sites is 1. The lowest BCUT2D eigenvalue weighted by molar-refractivity contribution is -0.384. The van der Waals surface area contributed by atoms with Crippen molar-refractivity contribution in [3.63, 3.8) is 0 Å². The molecule has 0 aliphatic rings. The Morgan fingerprint density at radius 1 is 1.15 bits per heavy atom. The molecule has 0 atom stereocenters. The summed E-state index contributed by atoms with van der Waals surface area (Å²) in [5, 5.41) is 33.5. The van der Waals surface area contributed by atoms with Gasteiger partial charge in [0.2, 0.25) is 0 Å². The van der Waals surface area contributed by atoms with Gasteiger partial charge >= 0.3 is 0 Å². The van der Waals surface area contributed by atoms with E-state index in [0.717, 1.165) is 0 Å². The lowest BCUT2D eigenvalue weighted by Crippen LogP contribution is -2.07. The van der Waals surface area contributed by atoms with E-state index in [0.29, 0.717) is 5.56 Å². The number of hydrazone groups is 1. The number of phenols is 2. The van der Waals surface area contributed by atoms with Gasteiger partial charge in [0.25, 0.3) is 5.69 Å². The van der Waals surface area contributed by atoms with Crippen molar-refractivity contribution >= 4 is 11.4 Å². The summed E-state index contributed by atoms with van der Waals surface area (Å²) >= 11 is 0. The first kappa shape index (κ1) is 13.3. The minimum atomic E-state index is -0.519. The first-order chi connectivity index (χ1) is 9.54. The molecule has 0 saturated heterocycles. The Labute approximate surface area is 113 Å². The van der Waals surface area contributed by atoms with Gasteiger partial charge in [0.15, 0.2) is 11.5 Å². The predicted octanol–water partition coefficient (Wildman–Crippen LogP) is 1.72. The molecule has 7 nitrogen and oxygen atoms in total. The molecule has 0 amide bonds. The van der Waals surface area contributed by atoms with Crippen LogP contribution in [0, 0.1) is 10.1 Å². The van der Waals surface area contributed by atoms with Gasteiger partial charge in [-0.2, -0.15) is 5.10 Å². The number of hydrogen-bond donors (Lipinski definition) is 3. The highest BCUT2D eigenvalue weighted by atomic mass is 16.6. The lowest BCUT2D eigenvalue weighted by atomic mass is 10.0. The molecule has 0 aliphatic carbocycles. The highest BCUT2D eigenvalue weighted by molar-refractivity contribution is 6.14. The third-order valence-electron chi connectivity index (χ3n) is 2.75. The molecule has 0 aromatic heterocycles. The number of hydrogen-bond acceptors (Lipinski definition) is 6. The van der Waals surface area contributed by atoms with Crippen molar-refractivity contribution in [2.45, 2.75) is 0 Å². The molecule has 0 heterocycles. The monoisotopic (exact) mass is 273 g/mol. The van der Waals surface area contributed by atoms with E-state index in [4.69, 9.17) is 5.84 Å². The van der Waals surface area contributed by atoms with E-state index >= 15 is 0 Å². The van der Waals surface area contributed by atoms with E-state index in [2.05, 4.69) is 5.10 Å². The van der Waals surface area contributed by atoms with Gasteiger partial charge in [-0.25, -0.2) is 0 Å². The van der Waals surface area contributed by atoms with E-state index in [1.165, 1.54) is 42.5 Å². The molecular weight excluding hydrogens is 262 g/mol. The average Bonchev–Trinajstić information content (AvgIpc) is 2.45. The Balaban J connectivity index is 2.48. The molecule has 2 rings (SSSR count). The largest absolute Gasteiger partial charge is 0.504 e. The summed E-state index contributed by atoms with van der Waals surface area (Å²) in [6.45, 7) is 0. The number of non-ortho nitro benzene ring substituents is 1. The van der Waals surface area contributed by atoms with Gasteiger partial charge in [-0.15, -0.1) is 0 Å². The Bertz CT molecular complexity index is 681. The standard InChI is InChI=1S/C13H11N3O4/c14-15-12(10-2-1-3-11(17)13(10)18)8-4-6-9(7-5-8)16(19)20/h1-7,17-18H,14H2/b15-12-. The summed E-state index contributed by atoms with van der Waals surface area (Å²) < 4.78 is 0. The fourth-order valence-electron chi connectivity index (χ4n) is 1.76. The maximum atomic E-state index is 10.6. The highest BCUT2D eigenvalue weighted by Crippen LogP contribution is 2.30.